The van der Waals surface area contributed by atoms with Crippen molar-refractivity contribution in [3.05, 3.63) is 42.1 Å². The highest BCUT2D eigenvalue weighted by molar-refractivity contribution is 7.78. The third-order valence-corrected chi connectivity index (χ3v) is 2.83. The number of nitrogens with zero attached hydrogens (tertiary/aromatic N) is 2. The van der Waals surface area contributed by atoms with Crippen LogP contribution in [0.4, 0.5) is 4.39 Å². The number of hydrogen-bond acceptors (Lipinski definition) is 2. The second-order valence-electron chi connectivity index (χ2n) is 3.33. The van der Waals surface area contributed by atoms with E-state index in [1.807, 2.05) is 0 Å². The molecule has 16 heavy (non-hydrogen) atoms. The van der Waals surface area contributed by atoms with Gasteiger partial charge in [-0.2, -0.15) is 0 Å². The monoisotopic (exact) mass is 256 g/mol. The highest BCUT2D eigenvalue weighted by Gasteiger charge is 2.10. The molecule has 2 aromatic rings. The largest absolute Gasteiger partial charge is 0.279 e. The molecule has 0 atom stereocenters. The molecule has 0 fully saturated rings. The lowest BCUT2D eigenvalue weighted by Gasteiger charge is -2.03. The molecule has 0 saturated heterocycles. The maximum Gasteiger partial charge on any atom is 0.123 e. The van der Waals surface area contributed by atoms with E-state index in [4.69, 9.17) is 11.6 Å². The van der Waals surface area contributed by atoms with Crippen LogP contribution in [-0.2, 0) is 6.42 Å². The third kappa shape index (κ3) is 2.23. The van der Waals surface area contributed by atoms with Gasteiger partial charge in [0, 0.05) is 17.9 Å². The Kier molecular flexibility index (Phi) is 3.51. The Balaban J connectivity index is 2.43. The van der Waals surface area contributed by atoms with Crippen LogP contribution in [0.25, 0.3) is 11.3 Å². The smallest absolute Gasteiger partial charge is 0.123 e. The summed E-state index contributed by atoms with van der Waals surface area (Å²) < 4.78 is 14.4. The van der Waals surface area contributed by atoms with Crippen molar-refractivity contribution >= 4 is 24.4 Å². The summed E-state index contributed by atoms with van der Waals surface area (Å²) in [6, 6.07) is 6.22. The fourth-order valence-electron chi connectivity index (χ4n) is 1.54. The molecule has 0 bridgehead atoms. The quantitative estimate of drug-likeness (QED) is 0.660. The summed E-state index contributed by atoms with van der Waals surface area (Å²) in [5, 5.41) is 0. The summed E-state index contributed by atoms with van der Waals surface area (Å²) in [4.78, 5) is 4.24. The minimum absolute atomic E-state index is 0.257. The van der Waals surface area contributed by atoms with Gasteiger partial charge in [0.25, 0.3) is 0 Å². The Morgan fingerprint density at radius 2 is 2.00 bits per heavy atom. The Hall–Kier alpha value is -1.00. The van der Waals surface area contributed by atoms with Crippen molar-refractivity contribution in [2.24, 2.45) is 0 Å². The topological polar surface area (TPSA) is 17.8 Å². The summed E-state index contributed by atoms with van der Waals surface area (Å²) in [5.41, 5.74) is 2.61. The molecule has 0 spiro atoms. The lowest BCUT2D eigenvalue weighted by atomic mass is 10.1. The van der Waals surface area contributed by atoms with Gasteiger partial charge in [-0.15, -0.1) is 11.6 Å². The van der Waals surface area contributed by atoms with Gasteiger partial charge in [0.05, 0.1) is 11.4 Å². The number of imidazole rings is 1. The molecule has 0 N–H and O–H groups in total. The molecule has 84 valence electrons. The molecule has 1 aromatic carbocycles. The van der Waals surface area contributed by atoms with Crippen LogP contribution in [0.1, 0.15) is 5.69 Å². The van der Waals surface area contributed by atoms with Crippen LogP contribution in [0, 0.1) is 5.82 Å². The van der Waals surface area contributed by atoms with Gasteiger partial charge in [0.1, 0.15) is 12.1 Å². The van der Waals surface area contributed by atoms with E-state index < -0.39 is 0 Å². The zero-order valence-electron chi connectivity index (χ0n) is 8.40. The molecule has 1 heterocycles. The van der Waals surface area contributed by atoms with Crippen molar-refractivity contribution in [2.75, 3.05) is 5.88 Å². The van der Waals surface area contributed by atoms with E-state index >= 15 is 0 Å². The van der Waals surface area contributed by atoms with Gasteiger partial charge in [-0.25, -0.2) is 9.37 Å². The number of aromatic nitrogens is 2. The van der Waals surface area contributed by atoms with E-state index in [9.17, 15) is 4.39 Å². The lowest BCUT2D eigenvalue weighted by molar-refractivity contribution is 0.628. The highest BCUT2D eigenvalue weighted by atomic mass is 35.5. The van der Waals surface area contributed by atoms with E-state index in [-0.39, 0.29) is 5.82 Å². The van der Waals surface area contributed by atoms with Crippen molar-refractivity contribution in [3.8, 4) is 11.3 Å². The van der Waals surface area contributed by atoms with Gasteiger partial charge in [0.15, 0.2) is 0 Å². The van der Waals surface area contributed by atoms with Crippen molar-refractivity contribution in [1.29, 1.82) is 0 Å². The Labute approximate surface area is 104 Å². The molecule has 0 radical (unpaired) electrons. The number of halogens is 2. The maximum absolute atomic E-state index is 12.8. The first-order valence-corrected chi connectivity index (χ1v) is 5.73. The predicted molar refractivity (Wildman–Crippen MR) is 66.4 cm³/mol. The standard InChI is InChI=1S/C11H10ClFN2S/c12-6-5-10-11(14-7-15(10)16)8-1-3-9(13)4-2-8/h1-4,7,16H,5-6H2. The zero-order chi connectivity index (χ0) is 11.5. The van der Waals surface area contributed by atoms with Crippen LogP contribution >= 0.6 is 24.4 Å². The van der Waals surface area contributed by atoms with Crippen LogP contribution in [-0.4, -0.2) is 14.8 Å². The summed E-state index contributed by atoms with van der Waals surface area (Å²) in [5.74, 6) is 0.244. The summed E-state index contributed by atoms with van der Waals surface area (Å²) in [6.45, 7) is 0. The van der Waals surface area contributed by atoms with Gasteiger partial charge < -0.3 is 0 Å². The fraction of sp³-hybridized carbons (Fsp3) is 0.182. The maximum atomic E-state index is 12.8. The molecule has 0 amide bonds. The number of benzene rings is 1. The molecular formula is C11H10ClFN2S. The zero-order valence-corrected chi connectivity index (χ0v) is 10.0. The van der Waals surface area contributed by atoms with E-state index in [1.54, 1.807) is 22.4 Å². The van der Waals surface area contributed by atoms with E-state index in [1.165, 1.54) is 12.1 Å². The second kappa shape index (κ2) is 4.89. The van der Waals surface area contributed by atoms with Gasteiger partial charge >= 0.3 is 0 Å². The van der Waals surface area contributed by atoms with Gasteiger partial charge in [-0.3, -0.25) is 3.97 Å². The molecule has 2 rings (SSSR count). The second-order valence-corrected chi connectivity index (χ2v) is 4.14. The average molecular weight is 257 g/mol. The molecule has 0 aliphatic carbocycles. The molecule has 5 heteroatoms. The molecule has 0 saturated carbocycles. The summed E-state index contributed by atoms with van der Waals surface area (Å²) in [7, 11) is 0. The van der Waals surface area contributed by atoms with E-state index in [0.717, 1.165) is 17.0 Å². The molecule has 2 nitrogen and oxygen atoms in total. The molecule has 1 aromatic heterocycles. The molecule has 0 aliphatic heterocycles. The normalized spacial score (nSPS) is 10.7. The fourth-order valence-corrected chi connectivity index (χ4v) is 1.96. The number of hydrogen-bond donors (Lipinski definition) is 1. The van der Waals surface area contributed by atoms with Crippen LogP contribution in [0.15, 0.2) is 30.6 Å². The molecule has 0 aliphatic rings. The van der Waals surface area contributed by atoms with Gasteiger partial charge in [-0.05, 0) is 24.3 Å². The number of rotatable bonds is 3. The van der Waals surface area contributed by atoms with Crippen LogP contribution in [0.5, 0.6) is 0 Å². The van der Waals surface area contributed by atoms with Crippen molar-refractivity contribution < 1.29 is 4.39 Å². The third-order valence-electron chi connectivity index (χ3n) is 2.30. The predicted octanol–water partition coefficient (Wildman–Crippen LogP) is 3.16. The average Bonchev–Trinajstić information content (AvgIpc) is 2.63. The summed E-state index contributed by atoms with van der Waals surface area (Å²) in [6.07, 6.45) is 2.29. The van der Waals surface area contributed by atoms with Gasteiger partial charge in [0.2, 0.25) is 0 Å². The van der Waals surface area contributed by atoms with Crippen molar-refractivity contribution in [1.82, 2.24) is 8.96 Å². The minimum Gasteiger partial charge on any atom is -0.279 e. The summed E-state index contributed by atoms with van der Waals surface area (Å²) >= 11 is 9.96. The van der Waals surface area contributed by atoms with Crippen LogP contribution in [0.3, 0.4) is 0 Å². The number of thiol groups is 1. The first kappa shape index (κ1) is 11.5. The minimum atomic E-state index is -0.257. The highest BCUT2D eigenvalue weighted by Crippen LogP contribution is 2.23. The Bertz CT molecular complexity index is 481. The van der Waals surface area contributed by atoms with Crippen molar-refractivity contribution in [3.63, 3.8) is 0 Å². The lowest BCUT2D eigenvalue weighted by Crippen LogP contribution is -1.94. The first-order valence-electron chi connectivity index (χ1n) is 4.79. The number of alkyl halides is 1. The van der Waals surface area contributed by atoms with Crippen LogP contribution in [0.2, 0.25) is 0 Å². The first-order chi connectivity index (χ1) is 7.72. The van der Waals surface area contributed by atoms with E-state index in [2.05, 4.69) is 17.8 Å². The molecule has 0 unspecified atom stereocenters. The van der Waals surface area contributed by atoms with Gasteiger partial charge in [-0.1, -0.05) is 12.8 Å². The van der Waals surface area contributed by atoms with Crippen molar-refractivity contribution in [2.45, 2.75) is 6.42 Å². The Morgan fingerprint density at radius 3 is 2.62 bits per heavy atom. The SMILES string of the molecule is Fc1ccc(-c2ncn(S)c2CCCl)cc1. The van der Waals surface area contributed by atoms with Crippen LogP contribution < -0.4 is 0 Å². The molecular weight excluding hydrogens is 247 g/mol. The van der Waals surface area contributed by atoms with E-state index in [0.29, 0.717) is 12.3 Å². The Morgan fingerprint density at radius 1 is 1.31 bits per heavy atom.